The molecule has 5 nitrogen and oxygen atoms in total. The Morgan fingerprint density at radius 3 is 2.68 bits per heavy atom. The molecule has 0 saturated carbocycles. The van der Waals surface area contributed by atoms with Gasteiger partial charge in [-0.25, -0.2) is 4.79 Å². The van der Waals surface area contributed by atoms with E-state index in [0.29, 0.717) is 5.52 Å². The van der Waals surface area contributed by atoms with E-state index >= 15 is 0 Å². The van der Waals surface area contributed by atoms with E-state index < -0.39 is 23.6 Å². The average molecular weight is 308 g/mol. The molecule has 0 aliphatic carbocycles. The molecule has 0 aliphatic heterocycles. The van der Waals surface area contributed by atoms with Gasteiger partial charge < -0.3 is 0 Å². The average Bonchev–Trinajstić information content (AvgIpc) is 3.01. The molecule has 0 saturated heterocycles. The molecule has 2 aromatic heterocycles. The number of hydrogen-bond donors (Lipinski definition) is 1. The van der Waals surface area contributed by atoms with Crippen LogP contribution >= 0.6 is 0 Å². The summed E-state index contributed by atoms with van der Waals surface area (Å²) >= 11 is 0. The second-order valence-corrected chi connectivity index (χ2v) is 4.74. The molecule has 3 rings (SSSR count). The molecular weight excluding hydrogens is 297 g/mol. The second-order valence-electron chi connectivity index (χ2n) is 4.74. The molecular formula is C14H11F3N4O. The molecule has 114 valence electrons. The molecule has 22 heavy (non-hydrogen) atoms. The highest BCUT2D eigenvalue weighted by molar-refractivity contribution is 5.98. The summed E-state index contributed by atoms with van der Waals surface area (Å²) in [5, 5.41) is 6.68. The van der Waals surface area contributed by atoms with Gasteiger partial charge in [0.15, 0.2) is 5.82 Å². The van der Waals surface area contributed by atoms with Crippen LogP contribution in [-0.4, -0.2) is 20.4 Å². The van der Waals surface area contributed by atoms with E-state index in [1.165, 1.54) is 17.8 Å². The van der Waals surface area contributed by atoms with E-state index in [4.69, 9.17) is 0 Å². The normalized spacial score (nSPS) is 11.8. The molecule has 0 bridgehead atoms. The highest BCUT2D eigenvalue weighted by Crippen LogP contribution is 2.34. The van der Waals surface area contributed by atoms with E-state index in [1.807, 2.05) is 6.07 Å². The lowest BCUT2D eigenvalue weighted by Crippen LogP contribution is -2.20. The van der Waals surface area contributed by atoms with Crippen LogP contribution in [0.5, 0.6) is 0 Å². The third-order valence-corrected chi connectivity index (χ3v) is 3.18. The minimum Gasteiger partial charge on any atom is -0.290 e. The van der Waals surface area contributed by atoms with Crippen LogP contribution in [0.25, 0.3) is 10.9 Å². The molecule has 0 unspecified atom stereocenters. The Labute approximate surface area is 122 Å². The van der Waals surface area contributed by atoms with Gasteiger partial charge in [-0.05, 0) is 12.1 Å². The number of benzene rings is 1. The maximum atomic E-state index is 12.9. The van der Waals surface area contributed by atoms with Crippen molar-refractivity contribution in [2.24, 2.45) is 7.05 Å². The van der Waals surface area contributed by atoms with Crippen LogP contribution < -0.4 is 5.32 Å². The standard InChI is InChI=1S/C14H11F3N4O/c1-20-8-10(14(15,16)17)12(19-20)18-13(22)21-7-6-9-4-2-3-5-11(9)21/h2-8H,1H3,(H,18,19,22). The van der Waals surface area contributed by atoms with Crippen molar-refractivity contribution in [3.63, 3.8) is 0 Å². The molecule has 0 fully saturated rings. The number of alkyl halides is 3. The van der Waals surface area contributed by atoms with Crippen LogP contribution in [0.1, 0.15) is 5.56 Å². The van der Waals surface area contributed by atoms with Crippen molar-refractivity contribution >= 4 is 22.8 Å². The summed E-state index contributed by atoms with van der Waals surface area (Å²) < 4.78 is 40.9. The van der Waals surface area contributed by atoms with E-state index in [9.17, 15) is 18.0 Å². The SMILES string of the molecule is Cn1cc(C(F)(F)F)c(NC(=O)n2ccc3ccccc32)n1. The zero-order valence-corrected chi connectivity index (χ0v) is 11.4. The van der Waals surface area contributed by atoms with Gasteiger partial charge in [0.25, 0.3) is 0 Å². The van der Waals surface area contributed by atoms with Gasteiger partial charge in [-0.2, -0.15) is 18.3 Å². The molecule has 2 heterocycles. The van der Waals surface area contributed by atoms with Crippen LogP contribution in [0.2, 0.25) is 0 Å². The fraction of sp³-hybridized carbons (Fsp3) is 0.143. The number of para-hydroxylation sites is 1. The highest BCUT2D eigenvalue weighted by Gasteiger charge is 2.36. The Balaban J connectivity index is 1.95. The van der Waals surface area contributed by atoms with Crippen molar-refractivity contribution in [2.45, 2.75) is 6.18 Å². The third-order valence-electron chi connectivity index (χ3n) is 3.18. The number of anilines is 1. The Kier molecular flexibility index (Phi) is 3.16. The maximum Gasteiger partial charge on any atom is 0.421 e. The number of rotatable bonds is 1. The van der Waals surface area contributed by atoms with Crippen molar-refractivity contribution in [1.82, 2.24) is 14.3 Å². The lowest BCUT2D eigenvalue weighted by Gasteiger charge is -2.08. The summed E-state index contributed by atoms with van der Waals surface area (Å²) in [7, 11) is 1.36. The number of carbonyl (C=O) groups is 1. The van der Waals surface area contributed by atoms with Crippen molar-refractivity contribution in [3.8, 4) is 0 Å². The van der Waals surface area contributed by atoms with Gasteiger partial charge >= 0.3 is 12.2 Å². The molecule has 0 aliphatic rings. The Bertz CT molecular complexity index is 847. The molecule has 3 aromatic rings. The predicted molar refractivity (Wildman–Crippen MR) is 74.6 cm³/mol. The number of nitrogens with one attached hydrogen (secondary N) is 1. The number of carbonyl (C=O) groups excluding carboxylic acids is 1. The largest absolute Gasteiger partial charge is 0.421 e. The van der Waals surface area contributed by atoms with Crippen molar-refractivity contribution in [2.75, 3.05) is 5.32 Å². The van der Waals surface area contributed by atoms with Gasteiger partial charge in [-0.1, -0.05) is 18.2 Å². The minimum atomic E-state index is -4.59. The third kappa shape index (κ3) is 2.43. The highest BCUT2D eigenvalue weighted by atomic mass is 19.4. The number of fused-ring (bicyclic) bond motifs is 1. The van der Waals surface area contributed by atoms with E-state index in [0.717, 1.165) is 16.3 Å². The number of amides is 1. The first-order valence-electron chi connectivity index (χ1n) is 6.34. The van der Waals surface area contributed by atoms with E-state index in [-0.39, 0.29) is 0 Å². The van der Waals surface area contributed by atoms with Crippen LogP contribution in [0.3, 0.4) is 0 Å². The number of nitrogens with zero attached hydrogens (tertiary/aromatic N) is 3. The predicted octanol–water partition coefficient (Wildman–Crippen LogP) is 3.47. The Hall–Kier alpha value is -2.77. The van der Waals surface area contributed by atoms with Gasteiger partial charge in [0, 0.05) is 24.8 Å². The monoisotopic (exact) mass is 308 g/mol. The first-order chi connectivity index (χ1) is 10.4. The Morgan fingerprint density at radius 2 is 1.95 bits per heavy atom. The topological polar surface area (TPSA) is 51.9 Å². The second kappa shape index (κ2) is 4.90. The number of halogens is 3. The van der Waals surface area contributed by atoms with Gasteiger partial charge in [0.1, 0.15) is 5.56 Å². The summed E-state index contributed by atoms with van der Waals surface area (Å²) in [5.41, 5.74) is -0.385. The molecule has 1 N–H and O–H groups in total. The fourth-order valence-corrected chi connectivity index (χ4v) is 2.21. The minimum absolute atomic E-state index is 0.516. The van der Waals surface area contributed by atoms with Crippen LogP contribution in [0, 0.1) is 0 Å². The summed E-state index contributed by atoms with van der Waals surface area (Å²) in [6.07, 6.45) is -2.27. The maximum absolute atomic E-state index is 12.9. The van der Waals surface area contributed by atoms with Gasteiger partial charge in [0.2, 0.25) is 0 Å². The Morgan fingerprint density at radius 1 is 1.23 bits per heavy atom. The van der Waals surface area contributed by atoms with Crippen LogP contribution in [-0.2, 0) is 13.2 Å². The van der Waals surface area contributed by atoms with Gasteiger partial charge in [-0.3, -0.25) is 14.6 Å². The van der Waals surface area contributed by atoms with Crippen molar-refractivity contribution in [3.05, 3.63) is 48.3 Å². The molecule has 8 heteroatoms. The lowest BCUT2D eigenvalue weighted by atomic mass is 10.2. The zero-order chi connectivity index (χ0) is 15.9. The van der Waals surface area contributed by atoms with Crippen LogP contribution in [0.4, 0.5) is 23.8 Å². The number of aromatic nitrogens is 3. The summed E-state index contributed by atoms with van der Waals surface area (Å²) in [4.78, 5) is 12.2. The summed E-state index contributed by atoms with van der Waals surface area (Å²) in [6.45, 7) is 0. The van der Waals surface area contributed by atoms with Crippen LogP contribution in [0.15, 0.2) is 42.7 Å². The molecule has 0 radical (unpaired) electrons. The molecule has 1 aromatic carbocycles. The van der Waals surface area contributed by atoms with E-state index in [2.05, 4.69) is 10.4 Å². The summed E-state index contributed by atoms with van der Waals surface area (Å²) in [6, 6.07) is 8.07. The van der Waals surface area contributed by atoms with Gasteiger partial charge in [-0.15, -0.1) is 0 Å². The number of hydrogen-bond acceptors (Lipinski definition) is 2. The molecule has 1 amide bonds. The zero-order valence-electron chi connectivity index (χ0n) is 11.4. The number of aryl methyl sites for hydroxylation is 1. The van der Waals surface area contributed by atoms with E-state index in [1.54, 1.807) is 24.3 Å². The lowest BCUT2D eigenvalue weighted by molar-refractivity contribution is -0.137. The quantitative estimate of drug-likeness (QED) is 0.748. The first-order valence-corrected chi connectivity index (χ1v) is 6.34. The fourth-order valence-electron chi connectivity index (χ4n) is 2.21. The van der Waals surface area contributed by atoms with Gasteiger partial charge in [0.05, 0.1) is 5.52 Å². The molecule has 0 atom stereocenters. The smallest absolute Gasteiger partial charge is 0.290 e. The summed E-state index contributed by atoms with van der Waals surface area (Å²) in [5.74, 6) is -0.516. The van der Waals surface area contributed by atoms with Crippen molar-refractivity contribution in [1.29, 1.82) is 0 Å². The van der Waals surface area contributed by atoms with Crippen molar-refractivity contribution < 1.29 is 18.0 Å². The first kappa shape index (κ1) is 14.2. The molecule has 0 spiro atoms.